The quantitative estimate of drug-likeness (QED) is 0.566. The molecule has 1 aliphatic carbocycles. The third-order valence-electron chi connectivity index (χ3n) is 3.03. The first kappa shape index (κ1) is 14.1. The van der Waals surface area contributed by atoms with Crippen molar-refractivity contribution in [3.63, 3.8) is 0 Å². The van der Waals surface area contributed by atoms with Gasteiger partial charge in [-0.3, -0.25) is 4.79 Å². The lowest BCUT2D eigenvalue weighted by Gasteiger charge is -2.29. The highest BCUT2D eigenvalue weighted by Crippen LogP contribution is 2.40. The highest BCUT2D eigenvalue weighted by atomic mass is 19.4. The Kier molecular flexibility index (Phi) is 5.02. The smallest absolute Gasteiger partial charge is 0.391 e. The highest BCUT2D eigenvalue weighted by Gasteiger charge is 2.43. The van der Waals surface area contributed by atoms with Crippen LogP contribution in [0.15, 0.2) is 12.2 Å². The summed E-state index contributed by atoms with van der Waals surface area (Å²) in [6.45, 7) is 1.93. The third-order valence-corrected chi connectivity index (χ3v) is 3.03. The van der Waals surface area contributed by atoms with E-state index in [0.717, 1.165) is 0 Å². The average Bonchev–Trinajstić information content (AvgIpc) is 2.28. The molecule has 2 unspecified atom stereocenters. The predicted molar refractivity (Wildman–Crippen MR) is 57.3 cm³/mol. The van der Waals surface area contributed by atoms with Crippen LogP contribution in [0.25, 0.3) is 0 Å². The number of carbonyl (C=O) groups is 1. The van der Waals surface area contributed by atoms with Gasteiger partial charge in [-0.1, -0.05) is 18.6 Å². The lowest BCUT2D eigenvalue weighted by Crippen LogP contribution is -2.32. The zero-order valence-electron chi connectivity index (χ0n) is 9.80. The minimum absolute atomic E-state index is 0.127. The van der Waals surface area contributed by atoms with E-state index in [1.54, 1.807) is 19.1 Å². The van der Waals surface area contributed by atoms with E-state index in [4.69, 9.17) is 4.74 Å². The van der Waals surface area contributed by atoms with Crippen LogP contribution >= 0.6 is 0 Å². The molecule has 98 valence electrons. The van der Waals surface area contributed by atoms with Gasteiger partial charge in [0.25, 0.3) is 0 Å². The number of alkyl halides is 3. The topological polar surface area (TPSA) is 26.3 Å². The Morgan fingerprint density at radius 2 is 2.12 bits per heavy atom. The monoisotopic (exact) mass is 250 g/mol. The Bertz CT molecular complexity index is 284. The second-order valence-electron chi connectivity index (χ2n) is 4.30. The molecule has 0 aromatic heterocycles. The van der Waals surface area contributed by atoms with Gasteiger partial charge >= 0.3 is 12.1 Å². The summed E-state index contributed by atoms with van der Waals surface area (Å²) in [5, 5.41) is 0. The molecule has 2 atom stereocenters. The molecule has 0 spiro atoms. The molecule has 0 radical (unpaired) electrons. The van der Waals surface area contributed by atoms with E-state index in [-0.39, 0.29) is 19.4 Å². The molecule has 1 fully saturated rings. The van der Waals surface area contributed by atoms with E-state index in [0.29, 0.717) is 12.8 Å². The van der Waals surface area contributed by atoms with E-state index in [9.17, 15) is 18.0 Å². The lowest BCUT2D eigenvalue weighted by molar-refractivity contribution is -0.188. The van der Waals surface area contributed by atoms with Gasteiger partial charge in [-0.25, -0.2) is 0 Å². The van der Waals surface area contributed by atoms with E-state index in [1.165, 1.54) is 0 Å². The van der Waals surface area contributed by atoms with Gasteiger partial charge in [0.15, 0.2) is 0 Å². The Labute approximate surface area is 98.8 Å². The van der Waals surface area contributed by atoms with Gasteiger partial charge in [0.2, 0.25) is 0 Å². The first-order valence-corrected chi connectivity index (χ1v) is 5.79. The fourth-order valence-corrected chi connectivity index (χ4v) is 2.05. The van der Waals surface area contributed by atoms with Gasteiger partial charge in [0, 0.05) is 0 Å². The van der Waals surface area contributed by atoms with Crippen molar-refractivity contribution >= 4 is 5.97 Å². The van der Waals surface area contributed by atoms with Crippen LogP contribution in [0, 0.1) is 11.8 Å². The van der Waals surface area contributed by atoms with Gasteiger partial charge in [-0.2, -0.15) is 13.2 Å². The second kappa shape index (κ2) is 6.07. The van der Waals surface area contributed by atoms with Crippen LogP contribution in [-0.2, 0) is 9.53 Å². The van der Waals surface area contributed by atoms with Gasteiger partial charge in [0.1, 0.15) is 6.61 Å². The van der Waals surface area contributed by atoms with Crippen molar-refractivity contribution in [2.75, 3.05) is 6.61 Å². The van der Waals surface area contributed by atoms with Crippen molar-refractivity contribution in [1.29, 1.82) is 0 Å². The van der Waals surface area contributed by atoms with Crippen molar-refractivity contribution in [1.82, 2.24) is 0 Å². The summed E-state index contributed by atoms with van der Waals surface area (Å²) < 4.78 is 42.5. The largest absolute Gasteiger partial charge is 0.461 e. The van der Waals surface area contributed by atoms with Crippen molar-refractivity contribution < 1.29 is 22.7 Å². The van der Waals surface area contributed by atoms with E-state index >= 15 is 0 Å². The van der Waals surface area contributed by atoms with Crippen molar-refractivity contribution in [3.05, 3.63) is 12.2 Å². The summed E-state index contributed by atoms with van der Waals surface area (Å²) in [4.78, 5) is 11.5. The van der Waals surface area contributed by atoms with Crippen LogP contribution < -0.4 is 0 Å². The number of halogens is 3. The number of esters is 1. The number of hydrogen-bond donors (Lipinski definition) is 0. The molecule has 1 saturated carbocycles. The maximum atomic E-state index is 12.5. The SMILES string of the molecule is C/C=C/COC(=O)C1CCCC(C(F)(F)F)C1. The first-order chi connectivity index (χ1) is 7.95. The molecule has 0 N–H and O–H groups in total. The molecule has 2 nitrogen and oxygen atoms in total. The highest BCUT2D eigenvalue weighted by molar-refractivity contribution is 5.72. The van der Waals surface area contributed by atoms with Crippen molar-refractivity contribution in [2.45, 2.75) is 38.8 Å². The van der Waals surface area contributed by atoms with Gasteiger partial charge < -0.3 is 4.74 Å². The van der Waals surface area contributed by atoms with Crippen molar-refractivity contribution in [2.24, 2.45) is 11.8 Å². The number of ether oxygens (including phenoxy) is 1. The maximum Gasteiger partial charge on any atom is 0.391 e. The summed E-state index contributed by atoms with van der Waals surface area (Å²) in [6, 6.07) is 0. The van der Waals surface area contributed by atoms with Gasteiger partial charge in [-0.05, 0) is 26.2 Å². The van der Waals surface area contributed by atoms with E-state index < -0.39 is 24.0 Å². The summed E-state index contributed by atoms with van der Waals surface area (Å²) in [6.07, 6.45) is 0.131. The molecule has 1 rings (SSSR count). The molecular formula is C12H17F3O2. The number of carbonyl (C=O) groups excluding carboxylic acids is 1. The molecule has 0 bridgehead atoms. The fourth-order valence-electron chi connectivity index (χ4n) is 2.05. The number of hydrogen-bond acceptors (Lipinski definition) is 2. The summed E-state index contributed by atoms with van der Waals surface area (Å²) >= 11 is 0. The zero-order valence-corrected chi connectivity index (χ0v) is 9.80. The number of rotatable bonds is 3. The molecule has 0 saturated heterocycles. The molecule has 5 heteroatoms. The zero-order chi connectivity index (χ0) is 12.9. The number of allylic oxidation sites excluding steroid dienone is 1. The summed E-state index contributed by atoms with van der Waals surface area (Å²) in [7, 11) is 0. The summed E-state index contributed by atoms with van der Waals surface area (Å²) in [5.74, 6) is -2.45. The molecule has 0 heterocycles. The first-order valence-electron chi connectivity index (χ1n) is 5.79. The van der Waals surface area contributed by atoms with Crippen LogP contribution in [0.2, 0.25) is 0 Å². The molecular weight excluding hydrogens is 233 g/mol. The molecule has 0 aromatic rings. The van der Waals surface area contributed by atoms with Crippen molar-refractivity contribution in [3.8, 4) is 0 Å². The van der Waals surface area contributed by atoms with Crippen LogP contribution in [0.1, 0.15) is 32.6 Å². The van der Waals surface area contributed by atoms with Crippen LogP contribution in [-0.4, -0.2) is 18.8 Å². The average molecular weight is 250 g/mol. The van der Waals surface area contributed by atoms with Crippen LogP contribution in [0.5, 0.6) is 0 Å². The van der Waals surface area contributed by atoms with Gasteiger partial charge in [0.05, 0.1) is 11.8 Å². The van der Waals surface area contributed by atoms with Crippen LogP contribution in [0.4, 0.5) is 13.2 Å². The van der Waals surface area contributed by atoms with Crippen LogP contribution in [0.3, 0.4) is 0 Å². The fraction of sp³-hybridized carbons (Fsp3) is 0.750. The third kappa shape index (κ3) is 4.40. The standard InChI is InChI=1S/C12H17F3O2/c1-2-3-7-17-11(16)9-5-4-6-10(8-9)12(13,14)15/h2-3,9-10H,4-8H2,1H3/b3-2+. The molecule has 0 amide bonds. The predicted octanol–water partition coefficient (Wildman–Crippen LogP) is 3.47. The van der Waals surface area contributed by atoms with E-state index in [2.05, 4.69) is 0 Å². The molecule has 0 aliphatic heterocycles. The second-order valence-corrected chi connectivity index (χ2v) is 4.30. The molecule has 0 aromatic carbocycles. The summed E-state index contributed by atoms with van der Waals surface area (Å²) in [5.41, 5.74) is 0. The van der Waals surface area contributed by atoms with E-state index in [1.807, 2.05) is 0 Å². The Balaban J connectivity index is 2.46. The van der Waals surface area contributed by atoms with Gasteiger partial charge in [-0.15, -0.1) is 0 Å². The normalized spacial score (nSPS) is 26.1. The molecule has 17 heavy (non-hydrogen) atoms. The minimum atomic E-state index is -4.19. The molecule has 1 aliphatic rings. The Morgan fingerprint density at radius 3 is 2.71 bits per heavy atom. The minimum Gasteiger partial charge on any atom is -0.461 e. The Hall–Kier alpha value is -1.00. The lowest BCUT2D eigenvalue weighted by atomic mass is 9.81. The maximum absolute atomic E-state index is 12.5. The Morgan fingerprint density at radius 1 is 1.41 bits per heavy atom.